The predicted molar refractivity (Wildman–Crippen MR) is 258 cm³/mol. The van der Waals surface area contributed by atoms with Gasteiger partial charge in [0.2, 0.25) is 5.91 Å². The van der Waals surface area contributed by atoms with Crippen molar-refractivity contribution in [2.45, 2.75) is 309 Å². The summed E-state index contributed by atoms with van der Waals surface area (Å²) >= 11 is 0. The lowest BCUT2D eigenvalue weighted by Crippen LogP contribution is -2.45. The second kappa shape index (κ2) is 50.2. The Bertz CT molecular complexity index is 840. The van der Waals surface area contributed by atoms with Gasteiger partial charge in [-0.2, -0.15) is 0 Å². The standard InChI is InChI=1S/C54H105NO3/c1-3-5-7-9-11-13-15-17-19-21-22-23-24-25-26-27-28-29-30-31-32-34-35-37-39-41-43-45-47-49-53(57)52(51-56)55-54(58)50-48-46-44-42-40-38-36-33-20-18-16-14-12-10-8-6-4-2/h18,20,47,49,52-53,56-57H,3-17,19,21-46,48,50-51H2,1-2H3,(H,55,58)/b20-18-,49-47+. The SMILES string of the molecule is CCCCCCCC/C=C\CCCCCCCCCC(=O)NC(CO)C(O)/C=C/CCCCCCCCCCCCCCCCCCCCCCCCCCCCC. The molecule has 0 spiro atoms. The molecule has 0 rings (SSSR count). The Kier molecular flexibility index (Phi) is 49.2. The first-order chi connectivity index (χ1) is 28.7. The summed E-state index contributed by atoms with van der Waals surface area (Å²) in [5, 5.41) is 23.1. The minimum absolute atomic E-state index is 0.0650. The van der Waals surface area contributed by atoms with Gasteiger partial charge in [-0.05, 0) is 44.9 Å². The Morgan fingerprint density at radius 2 is 0.655 bits per heavy atom. The molecule has 0 aliphatic rings. The minimum Gasteiger partial charge on any atom is -0.394 e. The average molecular weight is 816 g/mol. The fraction of sp³-hybridized carbons (Fsp3) is 0.907. The van der Waals surface area contributed by atoms with E-state index < -0.39 is 12.1 Å². The van der Waals surface area contributed by atoms with E-state index in [-0.39, 0.29) is 12.5 Å². The zero-order valence-corrected chi connectivity index (χ0v) is 39.6. The Hall–Kier alpha value is -1.13. The zero-order chi connectivity index (χ0) is 42.1. The first-order valence-corrected chi connectivity index (χ1v) is 26.6. The number of aliphatic hydroxyl groups excluding tert-OH is 2. The van der Waals surface area contributed by atoms with Crippen LogP contribution in [0.3, 0.4) is 0 Å². The molecular weight excluding hydrogens is 711 g/mol. The van der Waals surface area contributed by atoms with Gasteiger partial charge < -0.3 is 15.5 Å². The Morgan fingerprint density at radius 3 is 0.948 bits per heavy atom. The van der Waals surface area contributed by atoms with Crippen LogP contribution in [0, 0.1) is 0 Å². The lowest BCUT2D eigenvalue weighted by molar-refractivity contribution is -0.123. The summed E-state index contributed by atoms with van der Waals surface area (Å²) in [5.74, 6) is -0.0650. The lowest BCUT2D eigenvalue weighted by Gasteiger charge is -2.20. The highest BCUT2D eigenvalue weighted by molar-refractivity contribution is 5.76. The van der Waals surface area contributed by atoms with Gasteiger partial charge in [-0.15, -0.1) is 0 Å². The first-order valence-electron chi connectivity index (χ1n) is 26.6. The molecule has 4 heteroatoms. The molecule has 0 saturated heterocycles. The molecule has 0 saturated carbocycles. The van der Waals surface area contributed by atoms with Crippen molar-refractivity contribution < 1.29 is 15.0 Å². The van der Waals surface area contributed by atoms with Gasteiger partial charge in [0.15, 0.2) is 0 Å². The summed E-state index contributed by atoms with van der Waals surface area (Å²) in [4.78, 5) is 12.4. The quantitative estimate of drug-likeness (QED) is 0.0423. The van der Waals surface area contributed by atoms with Gasteiger partial charge in [-0.3, -0.25) is 4.79 Å². The van der Waals surface area contributed by atoms with Crippen LogP contribution in [0.1, 0.15) is 296 Å². The molecule has 2 atom stereocenters. The van der Waals surface area contributed by atoms with Gasteiger partial charge in [-0.1, -0.05) is 269 Å². The van der Waals surface area contributed by atoms with Crippen LogP contribution in [0.4, 0.5) is 0 Å². The van der Waals surface area contributed by atoms with Crippen molar-refractivity contribution in [1.82, 2.24) is 5.32 Å². The largest absolute Gasteiger partial charge is 0.394 e. The van der Waals surface area contributed by atoms with E-state index in [1.807, 2.05) is 6.08 Å². The van der Waals surface area contributed by atoms with E-state index in [0.29, 0.717) is 6.42 Å². The molecule has 344 valence electrons. The van der Waals surface area contributed by atoms with E-state index >= 15 is 0 Å². The predicted octanol–water partition coefficient (Wildman–Crippen LogP) is 17.1. The van der Waals surface area contributed by atoms with Crippen LogP contribution in [0.15, 0.2) is 24.3 Å². The highest BCUT2D eigenvalue weighted by Crippen LogP contribution is 2.17. The summed E-state index contributed by atoms with van der Waals surface area (Å²) in [7, 11) is 0. The van der Waals surface area contributed by atoms with Crippen LogP contribution < -0.4 is 5.32 Å². The number of carbonyl (C=O) groups excluding carboxylic acids is 1. The normalized spacial score (nSPS) is 13.0. The maximum atomic E-state index is 12.4. The van der Waals surface area contributed by atoms with Crippen LogP contribution in [-0.2, 0) is 4.79 Å². The summed E-state index contributed by atoms with van der Waals surface area (Å²) in [6.45, 7) is 4.33. The number of carbonyl (C=O) groups is 1. The average Bonchev–Trinajstić information content (AvgIpc) is 3.23. The van der Waals surface area contributed by atoms with Crippen molar-refractivity contribution in [3.63, 3.8) is 0 Å². The highest BCUT2D eigenvalue weighted by Gasteiger charge is 2.18. The molecule has 4 nitrogen and oxygen atoms in total. The summed E-state index contributed by atoms with van der Waals surface area (Å²) in [6.07, 6.45) is 66.1. The molecule has 0 heterocycles. The van der Waals surface area contributed by atoms with Crippen LogP contribution in [-0.4, -0.2) is 34.9 Å². The Labute approximate surface area is 364 Å². The maximum absolute atomic E-state index is 12.4. The molecule has 0 aliphatic carbocycles. The van der Waals surface area contributed by atoms with Crippen LogP contribution in [0.2, 0.25) is 0 Å². The zero-order valence-electron chi connectivity index (χ0n) is 39.6. The Balaban J connectivity index is 3.46. The molecule has 1 amide bonds. The second-order valence-corrected chi connectivity index (χ2v) is 18.3. The van der Waals surface area contributed by atoms with Crippen LogP contribution >= 0.6 is 0 Å². The molecule has 0 radical (unpaired) electrons. The molecule has 0 fully saturated rings. The van der Waals surface area contributed by atoms with E-state index in [0.717, 1.165) is 25.7 Å². The van der Waals surface area contributed by atoms with E-state index in [9.17, 15) is 15.0 Å². The van der Waals surface area contributed by atoms with Gasteiger partial charge in [0.25, 0.3) is 0 Å². The van der Waals surface area contributed by atoms with E-state index in [2.05, 4.69) is 31.3 Å². The summed E-state index contributed by atoms with van der Waals surface area (Å²) in [5.41, 5.74) is 0. The van der Waals surface area contributed by atoms with Crippen molar-refractivity contribution in [2.24, 2.45) is 0 Å². The number of allylic oxidation sites excluding steroid dienone is 3. The van der Waals surface area contributed by atoms with Crippen molar-refractivity contribution in [2.75, 3.05) is 6.61 Å². The van der Waals surface area contributed by atoms with Crippen molar-refractivity contribution in [3.05, 3.63) is 24.3 Å². The lowest BCUT2D eigenvalue weighted by atomic mass is 10.0. The minimum atomic E-state index is -0.840. The molecule has 0 aliphatic heterocycles. The molecule has 0 aromatic rings. The number of rotatable bonds is 49. The van der Waals surface area contributed by atoms with E-state index in [4.69, 9.17) is 0 Å². The van der Waals surface area contributed by atoms with Gasteiger partial charge in [0, 0.05) is 6.42 Å². The fourth-order valence-corrected chi connectivity index (χ4v) is 8.35. The highest BCUT2D eigenvalue weighted by atomic mass is 16.3. The molecule has 0 bridgehead atoms. The van der Waals surface area contributed by atoms with Crippen LogP contribution in [0.25, 0.3) is 0 Å². The molecule has 0 aromatic heterocycles. The summed E-state index contributed by atoms with van der Waals surface area (Å²) < 4.78 is 0. The third kappa shape index (κ3) is 45.9. The van der Waals surface area contributed by atoms with Crippen molar-refractivity contribution >= 4 is 5.91 Å². The monoisotopic (exact) mass is 816 g/mol. The number of hydrogen-bond donors (Lipinski definition) is 3. The summed E-state index contributed by atoms with van der Waals surface area (Å²) in [6, 6.07) is -0.623. The van der Waals surface area contributed by atoms with Gasteiger partial charge in [-0.25, -0.2) is 0 Å². The van der Waals surface area contributed by atoms with Gasteiger partial charge in [0.1, 0.15) is 0 Å². The van der Waals surface area contributed by atoms with Crippen molar-refractivity contribution in [3.8, 4) is 0 Å². The Morgan fingerprint density at radius 1 is 0.397 bits per heavy atom. The van der Waals surface area contributed by atoms with E-state index in [1.165, 1.54) is 250 Å². The number of nitrogens with one attached hydrogen (secondary N) is 1. The molecule has 0 aromatic carbocycles. The van der Waals surface area contributed by atoms with Gasteiger partial charge in [0.05, 0.1) is 18.8 Å². The number of amides is 1. The third-order valence-electron chi connectivity index (χ3n) is 12.4. The molecular formula is C54H105NO3. The number of unbranched alkanes of at least 4 members (excludes halogenated alkanes) is 40. The smallest absolute Gasteiger partial charge is 0.220 e. The molecule has 3 N–H and O–H groups in total. The molecule has 58 heavy (non-hydrogen) atoms. The number of aliphatic hydroxyl groups is 2. The first kappa shape index (κ1) is 56.9. The van der Waals surface area contributed by atoms with Gasteiger partial charge >= 0.3 is 0 Å². The topological polar surface area (TPSA) is 69.6 Å². The molecule has 2 unspecified atom stereocenters. The maximum Gasteiger partial charge on any atom is 0.220 e. The van der Waals surface area contributed by atoms with E-state index in [1.54, 1.807) is 6.08 Å². The third-order valence-corrected chi connectivity index (χ3v) is 12.4. The second-order valence-electron chi connectivity index (χ2n) is 18.3. The fourth-order valence-electron chi connectivity index (χ4n) is 8.35. The van der Waals surface area contributed by atoms with Crippen molar-refractivity contribution in [1.29, 1.82) is 0 Å². The number of hydrogen-bond acceptors (Lipinski definition) is 3. The van der Waals surface area contributed by atoms with Crippen LogP contribution in [0.5, 0.6) is 0 Å².